The van der Waals surface area contributed by atoms with Gasteiger partial charge in [-0.25, -0.2) is 0 Å². The normalized spacial score (nSPS) is 26.4. The van der Waals surface area contributed by atoms with Crippen LogP contribution in [0.1, 0.15) is 37.8 Å². The minimum absolute atomic E-state index is 0. The van der Waals surface area contributed by atoms with E-state index in [1.54, 1.807) is 0 Å². The summed E-state index contributed by atoms with van der Waals surface area (Å²) in [7, 11) is 0. The van der Waals surface area contributed by atoms with E-state index in [-0.39, 0.29) is 12.4 Å². The molecule has 2 aliphatic heterocycles. The van der Waals surface area contributed by atoms with Crippen LogP contribution in [0, 0.1) is 0 Å². The van der Waals surface area contributed by atoms with Crippen LogP contribution in [0.25, 0.3) is 10.8 Å². The number of fused-ring (bicyclic) bond motifs is 3. The molecule has 0 radical (unpaired) electrons. The average Bonchev–Trinajstić information content (AvgIpc) is 2.85. The van der Waals surface area contributed by atoms with E-state index in [1.165, 1.54) is 48.7 Å². The van der Waals surface area contributed by atoms with E-state index < -0.39 is 0 Å². The minimum Gasteiger partial charge on any atom is -0.310 e. The van der Waals surface area contributed by atoms with Crippen LogP contribution in [-0.4, -0.2) is 30.1 Å². The molecule has 3 heteroatoms. The quantitative estimate of drug-likeness (QED) is 0.895. The molecule has 2 aromatic rings. The van der Waals surface area contributed by atoms with Gasteiger partial charge < -0.3 is 5.32 Å². The molecular weight excluding hydrogens is 292 g/mol. The number of likely N-dealkylation sites (tertiary alicyclic amines) is 1. The van der Waals surface area contributed by atoms with Crippen molar-refractivity contribution < 1.29 is 0 Å². The molecule has 0 aliphatic carbocycles. The molecule has 2 nitrogen and oxygen atoms in total. The van der Waals surface area contributed by atoms with Crippen molar-refractivity contribution in [3.8, 4) is 0 Å². The standard InChI is InChI=1S/C19H24N2.ClH/c1-14(21-11-10-18-8-9-19(13-21)20-18)16-7-6-15-4-2-3-5-17(15)12-16;/h2-7,12,14,18-20H,8-11,13H2,1H3;1H. The number of hydrogen-bond acceptors (Lipinski definition) is 2. The molecule has 0 spiro atoms. The lowest BCUT2D eigenvalue weighted by Gasteiger charge is -2.30. The largest absolute Gasteiger partial charge is 0.310 e. The maximum atomic E-state index is 3.78. The van der Waals surface area contributed by atoms with Crippen molar-refractivity contribution in [2.45, 2.75) is 44.3 Å². The van der Waals surface area contributed by atoms with Crippen molar-refractivity contribution in [3.05, 3.63) is 48.0 Å². The Morgan fingerprint density at radius 2 is 1.77 bits per heavy atom. The first-order valence-electron chi connectivity index (χ1n) is 8.28. The highest BCUT2D eigenvalue weighted by Gasteiger charge is 2.31. The fourth-order valence-corrected chi connectivity index (χ4v) is 4.00. The van der Waals surface area contributed by atoms with Crippen molar-refractivity contribution in [2.24, 2.45) is 0 Å². The third-order valence-corrected chi connectivity index (χ3v) is 5.36. The Hall–Kier alpha value is -1.09. The molecule has 0 saturated carbocycles. The highest BCUT2D eigenvalue weighted by Crippen LogP contribution is 2.28. The van der Waals surface area contributed by atoms with Gasteiger partial charge in [0.2, 0.25) is 0 Å². The summed E-state index contributed by atoms with van der Waals surface area (Å²) in [6.45, 7) is 4.79. The predicted molar refractivity (Wildman–Crippen MR) is 95.7 cm³/mol. The van der Waals surface area contributed by atoms with Crippen molar-refractivity contribution in [1.82, 2.24) is 10.2 Å². The van der Waals surface area contributed by atoms with Gasteiger partial charge in [0, 0.05) is 31.2 Å². The fraction of sp³-hybridized carbons (Fsp3) is 0.474. The van der Waals surface area contributed by atoms with Gasteiger partial charge in [0.15, 0.2) is 0 Å². The van der Waals surface area contributed by atoms with Crippen LogP contribution in [0.3, 0.4) is 0 Å². The van der Waals surface area contributed by atoms with Gasteiger partial charge >= 0.3 is 0 Å². The van der Waals surface area contributed by atoms with Crippen LogP contribution in [0.15, 0.2) is 42.5 Å². The highest BCUT2D eigenvalue weighted by molar-refractivity contribution is 5.85. The zero-order valence-corrected chi connectivity index (χ0v) is 14.0. The van der Waals surface area contributed by atoms with Gasteiger partial charge in [0.05, 0.1) is 0 Å². The predicted octanol–water partition coefficient (Wildman–Crippen LogP) is 4.15. The lowest BCUT2D eigenvalue weighted by molar-refractivity contribution is 0.200. The number of hydrogen-bond donors (Lipinski definition) is 1. The molecule has 2 bridgehead atoms. The summed E-state index contributed by atoms with van der Waals surface area (Å²) in [5.74, 6) is 0. The number of halogens is 1. The van der Waals surface area contributed by atoms with Crippen LogP contribution >= 0.6 is 12.4 Å². The van der Waals surface area contributed by atoms with E-state index in [4.69, 9.17) is 0 Å². The van der Waals surface area contributed by atoms with Gasteiger partial charge in [-0.05, 0) is 48.6 Å². The van der Waals surface area contributed by atoms with Crippen molar-refractivity contribution in [1.29, 1.82) is 0 Å². The Balaban J connectivity index is 0.00000144. The van der Waals surface area contributed by atoms with E-state index in [0.29, 0.717) is 12.1 Å². The van der Waals surface area contributed by atoms with Crippen LogP contribution < -0.4 is 5.32 Å². The van der Waals surface area contributed by atoms with Crippen LogP contribution in [0.4, 0.5) is 0 Å². The van der Waals surface area contributed by atoms with Gasteiger partial charge in [0.1, 0.15) is 0 Å². The Bertz CT molecular complexity index is 642. The molecule has 2 heterocycles. The van der Waals surface area contributed by atoms with Crippen molar-refractivity contribution in [2.75, 3.05) is 13.1 Å². The summed E-state index contributed by atoms with van der Waals surface area (Å²) >= 11 is 0. The van der Waals surface area contributed by atoms with E-state index in [0.717, 1.165) is 6.04 Å². The Labute approximate surface area is 139 Å². The Morgan fingerprint density at radius 1 is 1.00 bits per heavy atom. The lowest BCUT2D eigenvalue weighted by Crippen LogP contribution is -2.36. The molecule has 3 unspecified atom stereocenters. The van der Waals surface area contributed by atoms with Crippen molar-refractivity contribution >= 4 is 23.2 Å². The summed E-state index contributed by atoms with van der Waals surface area (Å²) in [4.78, 5) is 2.67. The third kappa shape index (κ3) is 3.01. The molecule has 118 valence electrons. The van der Waals surface area contributed by atoms with Crippen LogP contribution in [-0.2, 0) is 0 Å². The minimum atomic E-state index is 0. The summed E-state index contributed by atoms with van der Waals surface area (Å²) in [6, 6.07) is 17.6. The molecule has 0 aromatic heterocycles. The molecule has 4 rings (SSSR count). The molecular formula is C19H25ClN2. The van der Waals surface area contributed by atoms with E-state index in [1.807, 2.05) is 0 Å². The molecule has 2 aliphatic rings. The van der Waals surface area contributed by atoms with Gasteiger partial charge in [-0.2, -0.15) is 0 Å². The maximum Gasteiger partial charge on any atom is 0.0320 e. The number of benzene rings is 2. The Morgan fingerprint density at radius 3 is 2.64 bits per heavy atom. The zero-order chi connectivity index (χ0) is 14.2. The maximum absolute atomic E-state index is 3.78. The molecule has 22 heavy (non-hydrogen) atoms. The van der Waals surface area contributed by atoms with E-state index >= 15 is 0 Å². The van der Waals surface area contributed by atoms with E-state index in [2.05, 4.69) is 59.6 Å². The van der Waals surface area contributed by atoms with Gasteiger partial charge in [0.25, 0.3) is 0 Å². The first-order valence-corrected chi connectivity index (χ1v) is 8.28. The monoisotopic (exact) mass is 316 g/mol. The van der Waals surface area contributed by atoms with Crippen molar-refractivity contribution in [3.63, 3.8) is 0 Å². The summed E-state index contributed by atoms with van der Waals surface area (Å²) in [5.41, 5.74) is 1.45. The molecule has 2 aromatic carbocycles. The second kappa shape index (κ2) is 6.57. The average molecular weight is 317 g/mol. The molecule has 2 saturated heterocycles. The number of rotatable bonds is 2. The molecule has 0 amide bonds. The first-order chi connectivity index (χ1) is 10.3. The number of nitrogens with one attached hydrogen (secondary N) is 1. The van der Waals surface area contributed by atoms with Gasteiger partial charge in [-0.3, -0.25) is 4.90 Å². The molecule has 3 atom stereocenters. The molecule has 2 fully saturated rings. The van der Waals surface area contributed by atoms with Gasteiger partial charge in [-0.1, -0.05) is 36.4 Å². The first kappa shape index (κ1) is 15.8. The topological polar surface area (TPSA) is 15.3 Å². The second-order valence-electron chi connectivity index (χ2n) is 6.70. The number of nitrogens with zero attached hydrogens (tertiary/aromatic N) is 1. The highest BCUT2D eigenvalue weighted by atomic mass is 35.5. The third-order valence-electron chi connectivity index (χ3n) is 5.36. The second-order valence-corrected chi connectivity index (χ2v) is 6.70. The fourth-order valence-electron chi connectivity index (χ4n) is 4.00. The zero-order valence-electron chi connectivity index (χ0n) is 13.2. The Kier molecular flexibility index (Phi) is 4.72. The van der Waals surface area contributed by atoms with Crippen LogP contribution in [0.5, 0.6) is 0 Å². The summed E-state index contributed by atoms with van der Waals surface area (Å²) in [6.07, 6.45) is 4.03. The summed E-state index contributed by atoms with van der Waals surface area (Å²) < 4.78 is 0. The molecule has 1 N–H and O–H groups in total. The smallest absolute Gasteiger partial charge is 0.0320 e. The van der Waals surface area contributed by atoms with Crippen LogP contribution in [0.2, 0.25) is 0 Å². The van der Waals surface area contributed by atoms with Gasteiger partial charge in [-0.15, -0.1) is 12.4 Å². The summed E-state index contributed by atoms with van der Waals surface area (Å²) in [5, 5.41) is 6.47. The van der Waals surface area contributed by atoms with E-state index in [9.17, 15) is 0 Å². The lowest BCUT2D eigenvalue weighted by atomic mass is 10.00. The SMILES string of the molecule is CC(c1ccc2ccccc2c1)N1CCC2CCC(C1)N2.Cl.